The molecule has 0 aliphatic carbocycles. The summed E-state index contributed by atoms with van der Waals surface area (Å²) in [6.07, 6.45) is 0. The molecule has 0 radical (unpaired) electrons. The van der Waals surface area contributed by atoms with E-state index in [-0.39, 0.29) is 11.7 Å². The summed E-state index contributed by atoms with van der Waals surface area (Å²) in [4.78, 5) is 13.8. The molecule has 0 saturated carbocycles. The minimum atomic E-state index is -1.20. The molecule has 0 aliphatic heterocycles. The standard InChI is InChI=1S/C19H23NO2S/c1-3-20(4-2)19(21)15-23(22)14-17-12-8-9-13-18(17)16-10-6-5-7-11-16/h5-13H,3-4,14-15H2,1-2H3. The summed E-state index contributed by atoms with van der Waals surface area (Å²) in [5.41, 5.74) is 3.20. The maximum atomic E-state index is 12.4. The number of benzene rings is 2. The second-order valence-corrected chi connectivity index (χ2v) is 6.77. The molecule has 0 N–H and O–H groups in total. The van der Waals surface area contributed by atoms with E-state index < -0.39 is 10.8 Å². The summed E-state index contributed by atoms with van der Waals surface area (Å²) >= 11 is 0. The van der Waals surface area contributed by atoms with Crippen molar-refractivity contribution in [1.82, 2.24) is 4.90 Å². The van der Waals surface area contributed by atoms with Crippen LogP contribution in [0.25, 0.3) is 11.1 Å². The van der Waals surface area contributed by atoms with Gasteiger partial charge in [-0.15, -0.1) is 0 Å². The third kappa shape index (κ3) is 4.76. The van der Waals surface area contributed by atoms with Crippen molar-refractivity contribution in [2.24, 2.45) is 0 Å². The van der Waals surface area contributed by atoms with E-state index in [0.717, 1.165) is 16.7 Å². The molecular weight excluding hydrogens is 306 g/mol. The second kappa shape index (κ2) is 8.63. The van der Waals surface area contributed by atoms with Crippen molar-refractivity contribution in [1.29, 1.82) is 0 Å². The lowest BCUT2D eigenvalue weighted by Gasteiger charge is -2.18. The fraction of sp³-hybridized carbons (Fsp3) is 0.316. The highest BCUT2D eigenvalue weighted by Gasteiger charge is 2.15. The Balaban J connectivity index is 2.12. The highest BCUT2D eigenvalue weighted by molar-refractivity contribution is 7.84. The van der Waals surface area contributed by atoms with Crippen molar-refractivity contribution >= 4 is 16.7 Å². The molecule has 2 aromatic rings. The van der Waals surface area contributed by atoms with Gasteiger partial charge in [-0.1, -0.05) is 54.6 Å². The van der Waals surface area contributed by atoms with Crippen molar-refractivity contribution < 1.29 is 9.00 Å². The summed E-state index contributed by atoms with van der Waals surface area (Å²) in [5, 5.41) is 0. The fourth-order valence-electron chi connectivity index (χ4n) is 2.58. The molecule has 0 heterocycles. The zero-order valence-electron chi connectivity index (χ0n) is 13.7. The van der Waals surface area contributed by atoms with E-state index in [9.17, 15) is 9.00 Å². The lowest BCUT2D eigenvalue weighted by Crippen LogP contribution is -2.34. The Bertz CT molecular complexity index is 666. The summed E-state index contributed by atoms with van der Waals surface area (Å²) in [6.45, 7) is 5.20. The van der Waals surface area contributed by atoms with Crippen molar-refractivity contribution in [2.75, 3.05) is 18.8 Å². The maximum Gasteiger partial charge on any atom is 0.235 e. The van der Waals surface area contributed by atoms with Crippen molar-refractivity contribution in [2.45, 2.75) is 19.6 Å². The third-order valence-electron chi connectivity index (χ3n) is 3.82. The third-order valence-corrected chi connectivity index (χ3v) is 5.02. The van der Waals surface area contributed by atoms with Crippen LogP contribution in [0.5, 0.6) is 0 Å². The van der Waals surface area contributed by atoms with Crippen LogP contribution in [0.2, 0.25) is 0 Å². The Morgan fingerprint density at radius 1 is 0.957 bits per heavy atom. The molecule has 23 heavy (non-hydrogen) atoms. The first kappa shape index (κ1) is 17.4. The van der Waals surface area contributed by atoms with Crippen LogP contribution in [-0.2, 0) is 21.3 Å². The van der Waals surface area contributed by atoms with Gasteiger partial charge in [0, 0.05) is 29.6 Å². The van der Waals surface area contributed by atoms with Crippen LogP contribution in [-0.4, -0.2) is 33.9 Å². The normalized spacial score (nSPS) is 11.9. The number of nitrogens with zero attached hydrogens (tertiary/aromatic N) is 1. The van der Waals surface area contributed by atoms with Gasteiger partial charge in [0.25, 0.3) is 0 Å². The van der Waals surface area contributed by atoms with Crippen LogP contribution >= 0.6 is 0 Å². The molecule has 0 aliphatic rings. The van der Waals surface area contributed by atoms with Gasteiger partial charge in [-0.2, -0.15) is 0 Å². The molecular formula is C19H23NO2S. The molecule has 0 aromatic heterocycles. The van der Waals surface area contributed by atoms with E-state index in [4.69, 9.17) is 0 Å². The number of rotatable bonds is 7. The SMILES string of the molecule is CCN(CC)C(=O)CS(=O)Cc1ccccc1-c1ccccc1. The van der Waals surface area contributed by atoms with Crippen LogP contribution in [0.15, 0.2) is 54.6 Å². The molecule has 0 spiro atoms. The first-order valence-electron chi connectivity index (χ1n) is 7.91. The smallest absolute Gasteiger partial charge is 0.235 e. The number of amides is 1. The van der Waals surface area contributed by atoms with Gasteiger partial charge in [0.15, 0.2) is 0 Å². The number of carbonyl (C=O) groups is 1. The van der Waals surface area contributed by atoms with E-state index in [1.165, 1.54) is 0 Å². The predicted octanol–water partition coefficient (Wildman–Crippen LogP) is 3.47. The summed E-state index contributed by atoms with van der Waals surface area (Å²) in [6, 6.07) is 18.0. The number of hydrogen-bond acceptors (Lipinski definition) is 2. The van der Waals surface area contributed by atoms with Gasteiger partial charge in [0.1, 0.15) is 5.75 Å². The zero-order chi connectivity index (χ0) is 16.7. The first-order valence-corrected chi connectivity index (χ1v) is 9.40. The van der Waals surface area contributed by atoms with E-state index >= 15 is 0 Å². The maximum absolute atomic E-state index is 12.4. The fourth-order valence-corrected chi connectivity index (χ4v) is 3.73. The topological polar surface area (TPSA) is 37.4 Å². The van der Waals surface area contributed by atoms with E-state index in [1.54, 1.807) is 4.90 Å². The molecule has 4 heteroatoms. The van der Waals surface area contributed by atoms with Gasteiger partial charge < -0.3 is 4.90 Å². The Morgan fingerprint density at radius 3 is 2.22 bits per heavy atom. The Labute approximate surface area is 140 Å². The largest absolute Gasteiger partial charge is 0.342 e. The molecule has 1 amide bonds. The number of hydrogen-bond donors (Lipinski definition) is 0. The predicted molar refractivity (Wildman–Crippen MR) is 96.5 cm³/mol. The zero-order valence-corrected chi connectivity index (χ0v) is 14.5. The quantitative estimate of drug-likeness (QED) is 0.780. The molecule has 122 valence electrons. The van der Waals surface area contributed by atoms with E-state index in [0.29, 0.717) is 18.8 Å². The van der Waals surface area contributed by atoms with Crippen molar-refractivity contribution in [3.05, 3.63) is 60.2 Å². The van der Waals surface area contributed by atoms with Gasteiger partial charge in [0.2, 0.25) is 5.91 Å². The highest BCUT2D eigenvalue weighted by Crippen LogP contribution is 2.24. The molecule has 1 unspecified atom stereocenters. The monoisotopic (exact) mass is 329 g/mol. The Kier molecular flexibility index (Phi) is 6.53. The second-order valence-electron chi connectivity index (χ2n) is 5.32. The van der Waals surface area contributed by atoms with Crippen molar-refractivity contribution in [3.63, 3.8) is 0 Å². The van der Waals surface area contributed by atoms with Crippen LogP contribution in [0.3, 0.4) is 0 Å². The Morgan fingerprint density at radius 2 is 1.57 bits per heavy atom. The minimum Gasteiger partial charge on any atom is -0.342 e. The van der Waals surface area contributed by atoms with Crippen molar-refractivity contribution in [3.8, 4) is 11.1 Å². The van der Waals surface area contributed by atoms with Gasteiger partial charge in [-0.25, -0.2) is 0 Å². The molecule has 0 bridgehead atoms. The van der Waals surface area contributed by atoms with Gasteiger partial charge >= 0.3 is 0 Å². The average molecular weight is 329 g/mol. The van der Waals surface area contributed by atoms with E-state index in [2.05, 4.69) is 0 Å². The van der Waals surface area contributed by atoms with Gasteiger partial charge in [-0.05, 0) is 30.5 Å². The van der Waals surface area contributed by atoms with Crippen LogP contribution in [0.1, 0.15) is 19.4 Å². The van der Waals surface area contributed by atoms with Crippen LogP contribution in [0, 0.1) is 0 Å². The van der Waals surface area contributed by atoms with Gasteiger partial charge in [-0.3, -0.25) is 9.00 Å². The van der Waals surface area contributed by atoms with Gasteiger partial charge in [0.05, 0.1) is 0 Å². The first-order chi connectivity index (χ1) is 11.2. The number of carbonyl (C=O) groups excluding carboxylic acids is 1. The summed E-state index contributed by atoms with van der Waals surface area (Å²) in [5.74, 6) is 0.452. The minimum absolute atomic E-state index is 0.0366. The molecule has 1 atom stereocenters. The highest BCUT2D eigenvalue weighted by atomic mass is 32.2. The average Bonchev–Trinajstić information content (AvgIpc) is 2.57. The lowest BCUT2D eigenvalue weighted by atomic mass is 10.0. The summed E-state index contributed by atoms with van der Waals surface area (Å²) < 4.78 is 12.4. The Hall–Kier alpha value is -1.94. The molecule has 2 rings (SSSR count). The summed E-state index contributed by atoms with van der Waals surface area (Å²) in [7, 11) is -1.20. The molecule has 2 aromatic carbocycles. The molecule has 3 nitrogen and oxygen atoms in total. The lowest BCUT2D eigenvalue weighted by molar-refractivity contribution is -0.128. The van der Waals surface area contributed by atoms with E-state index in [1.807, 2.05) is 68.4 Å². The molecule has 0 saturated heterocycles. The van der Waals surface area contributed by atoms with Crippen LogP contribution in [0.4, 0.5) is 0 Å². The molecule has 0 fully saturated rings. The van der Waals surface area contributed by atoms with Crippen LogP contribution < -0.4 is 0 Å².